The van der Waals surface area contributed by atoms with Crippen LogP contribution in [0.1, 0.15) is 93.3 Å². The predicted molar refractivity (Wildman–Crippen MR) is 162 cm³/mol. The largest absolute Gasteiger partial charge is 0.495 e. The Kier molecular flexibility index (Phi) is 14.7. The maximum absolute atomic E-state index is 12.9. The number of likely N-dealkylation sites (N-methyl/N-ethyl adjacent to an activating group) is 1. The number of aryl methyl sites for hydroxylation is 1. The van der Waals surface area contributed by atoms with Gasteiger partial charge in [0, 0.05) is 31.3 Å². The van der Waals surface area contributed by atoms with E-state index in [0.717, 1.165) is 38.0 Å². The standard InChI is InChI=1S/C20H24F3N5O2.C9H18.C2H5NO/c1-12-15(20(21,22)23)10-24-19(25-12)27-16-7-6-13(9-17(16)30-3)18(29)26-14-5-4-8-28(2)11-14;1-2-6-9-7-4-3-5-8-9;1-2(3)4/h6-7,9-10,14H,4-5,8,11H2,1-3H3,(H,26,29)(H,24,25,27);9H,2-8H2,1H3;1H3,(H2,3,4). The fraction of sp³-hybridized carbons (Fsp3) is 0.613. The second kappa shape index (κ2) is 17.6. The minimum absolute atomic E-state index is 0.00115. The summed E-state index contributed by atoms with van der Waals surface area (Å²) in [6.07, 6.45) is 8.61. The van der Waals surface area contributed by atoms with E-state index in [4.69, 9.17) is 4.74 Å². The van der Waals surface area contributed by atoms with Gasteiger partial charge in [-0.25, -0.2) is 9.97 Å². The molecule has 1 aliphatic heterocycles. The van der Waals surface area contributed by atoms with Crippen molar-refractivity contribution in [3.05, 3.63) is 41.2 Å². The monoisotopic (exact) mass is 608 g/mol. The zero-order valence-corrected chi connectivity index (χ0v) is 26.0. The zero-order valence-electron chi connectivity index (χ0n) is 26.0. The molecule has 43 heavy (non-hydrogen) atoms. The molecular weight excluding hydrogens is 561 g/mol. The summed E-state index contributed by atoms with van der Waals surface area (Å²) in [5.41, 5.74) is 4.26. The molecule has 1 aliphatic carbocycles. The molecule has 2 amide bonds. The van der Waals surface area contributed by atoms with Gasteiger partial charge >= 0.3 is 6.18 Å². The van der Waals surface area contributed by atoms with Crippen LogP contribution in [0.15, 0.2) is 24.4 Å². The molecule has 240 valence electrons. The molecule has 4 rings (SSSR count). The van der Waals surface area contributed by atoms with Crippen LogP contribution >= 0.6 is 0 Å². The summed E-state index contributed by atoms with van der Waals surface area (Å²) in [5, 5.41) is 5.87. The molecule has 0 radical (unpaired) electrons. The highest BCUT2D eigenvalue weighted by Gasteiger charge is 2.33. The molecule has 1 atom stereocenters. The van der Waals surface area contributed by atoms with Gasteiger partial charge in [-0.1, -0.05) is 51.9 Å². The van der Waals surface area contributed by atoms with Crippen LogP contribution in [0.5, 0.6) is 5.75 Å². The third kappa shape index (κ3) is 12.8. The van der Waals surface area contributed by atoms with Crippen molar-refractivity contribution in [1.29, 1.82) is 0 Å². The fourth-order valence-corrected chi connectivity index (χ4v) is 5.30. The summed E-state index contributed by atoms with van der Waals surface area (Å²) >= 11 is 0. The number of nitrogens with two attached hydrogens (primary N) is 1. The number of ether oxygens (including phenoxy) is 1. The Bertz CT molecular complexity index is 1170. The highest BCUT2D eigenvalue weighted by molar-refractivity contribution is 5.95. The number of hydrogen-bond donors (Lipinski definition) is 3. The summed E-state index contributed by atoms with van der Waals surface area (Å²) in [4.78, 5) is 31.6. The number of amides is 2. The number of piperidine rings is 1. The number of carbonyl (C=O) groups excluding carboxylic acids is 2. The highest BCUT2D eigenvalue weighted by atomic mass is 19.4. The van der Waals surface area contributed by atoms with Crippen LogP contribution in [0.3, 0.4) is 0 Å². The molecule has 1 saturated heterocycles. The molecule has 9 nitrogen and oxygen atoms in total. The summed E-state index contributed by atoms with van der Waals surface area (Å²) < 4.78 is 44.0. The van der Waals surface area contributed by atoms with Crippen LogP contribution in [0.25, 0.3) is 0 Å². The summed E-state index contributed by atoms with van der Waals surface area (Å²) in [5.74, 6) is 0.913. The van der Waals surface area contributed by atoms with Crippen molar-refractivity contribution < 1.29 is 27.5 Å². The second-order valence-corrected chi connectivity index (χ2v) is 11.2. The summed E-state index contributed by atoms with van der Waals surface area (Å²) in [6.45, 7) is 6.69. The van der Waals surface area contributed by atoms with Crippen LogP contribution in [0.2, 0.25) is 0 Å². The minimum atomic E-state index is -4.51. The van der Waals surface area contributed by atoms with E-state index < -0.39 is 11.7 Å². The number of halogens is 3. The third-order valence-corrected chi connectivity index (χ3v) is 7.38. The lowest BCUT2D eigenvalue weighted by Gasteiger charge is -2.30. The molecule has 1 aromatic heterocycles. The normalized spacial score (nSPS) is 17.4. The Balaban J connectivity index is 0.000000411. The molecule has 4 N–H and O–H groups in total. The van der Waals surface area contributed by atoms with Gasteiger partial charge in [0.15, 0.2) is 0 Å². The first-order valence-electron chi connectivity index (χ1n) is 14.9. The van der Waals surface area contributed by atoms with Crippen LogP contribution < -0.4 is 21.1 Å². The zero-order chi connectivity index (χ0) is 32.0. The molecule has 1 saturated carbocycles. The predicted octanol–water partition coefficient (Wildman–Crippen LogP) is 6.24. The van der Waals surface area contributed by atoms with Crippen LogP contribution in [-0.4, -0.2) is 60.0 Å². The van der Waals surface area contributed by atoms with Crippen molar-refractivity contribution in [3.63, 3.8) is 0 Å². The van der Waals surface area contributed by atoms with Crippen molar-refractivity contribution in [1.82, 2.24) is 20.2 Å². The number of nitrogens with zero attached hydrogens (tertiary/aromatic N) is 3. The van der Waals surface area contributed by atoms with E-state index in [0.29, 0.717) is 17.0 Å². The molecular formula is C31H47F3N6O3. The first kappa shape index (κ1) is 35.8. The lowest BCUT2D eigenvalue weighted by Crippen LogP contribution is -2.46. The number of carbonyl (C=O) groups is 2. The minimum Gasteiger partial charge on any atom is -0.495 e. The lowest BCUT2D eigenvalue weighted by atomic mass is 9.86. The molecule has 1 aromatic carbocycles. The average molecular weight is 609 g/mol. The van der Waals surface area contributed by atoms with Gasteiger partial charge in [-0.05, 0) is 57.5 Å². The number of likely N-dealkylation sites (tertiary alicyclic amines) is 1. The van der Waals surface area contributed by atoms with Gasteiger partial charge < -0.3 is 26.0 Å². The van der Waals surface area contributed by atoms with Crippen molar-refractivity contribution in [2.24, 2.45) is 11.7 Å². The number of hydrogen-bond acceptors (Lipinski definition) is 7. The molecule has 1 unspecified atom stereocenters. The first-order chi connectivity index (χ1) is 20.3. The average Bonchev–Trinajstić information content (AvgIpc) is 2.93. The SMILES string of the molecule is CC(N)=O.CCCC1CCCCC1.COc1cc(C(=O)NC2CCCN(C)C2)ccc1Nc1ncc(C(F)(F)F)c(C)n1. The Morgan fingerprint density at radius 2 is 1.81 bits per heavy atom. The van der Waals surface area contributed by atoms with Gasteiger partial charge in [0.2, 0.25) is 11.9 Å². The lowest BCUT2D eigenvalue weighted by molar-refractivity contribution is -0.138. The van der Waals surface area contributed by atoms with E-state index >= 15 is 0 Å². The number of alkyl halides is 3. The number of benzene rings is 1. The maximum Gasteiger partial charge on any atom is 0.419 e. The number of anilines is 2. The number of aromatic nitrogens is 2. The number of primary amides is 1. The van der Waals surface area contributed by atoms with E-state index in [1.165, 1.54) is 65.9 Å². The van der Waals surface area contributed by atoms with Crippen LogP contribution in [0.4, 0.5) is 24.8 Å². The second-order valence-electron chi connectivity index (χ2n) is 11.2. The van der Waals surface area contributed by atoms with Crippen LogP contribution in [0, 0.1) is 12.8 Å². The maximum atomic E-state index is 12.9. The van der Waals surface area contributed by atoms with Gasteiger partial charge in [-0.2, -0.15) is 13.2 Å². The molecule has 0 spiro atoms. The van der Waals surface area contributed by atoms with E-state index in [2.05, 4.69) is 38.2 Å². The Morgan fingerprint density at radius 1 is 1.14 bits per heavy atom. The smallest absolute Gasteiger partial charge is 0.419 e. The highest BCUT2D eigenvalue weighted by Crippen LogP contribution is 2.32. The van der Waals surface area contributed by atoms with Gasteiger partial charge in [-0.15, -0.1) is 0 Å². The van der Waals surface area contributed by atoms with Crippen LogP contribution in [-0.2, 0) is 11.0 Å². The topological polar surface area (TPSA) is 122 Å². The van der Waals surface area contributed by atoms with Crippen molar-refractivity contribution in [2.75, 3.05) is 32.6 Å². The molecule has 2 heterocycles. The van der Waals surface area contributed by atoms with Gasteiger partial charge in [0.05, 0.1) is 24.1 Å². The van der Waals surface area contributed by atoms with Gasteiger partial charge in [-0.3, -0.25) is 9.59 Å². The van der Waals surface area contributed by atoms with E-state index in [1.807, 2.05) is 7.05 Å². The molecule has 2 aromatic rings. The Labute approximate surface area is 253 Å². The van der Waals surface area contributed by atoms with E-state index in [1.54, 1.807) is 18.2 Å². The third-order valence-electron chi connectivity index (χ3n) is 7.38. The number of nitrogens with one attached hydrogen (secondary N) is 2. The summed E-state index contributed by atoms with van der Waals surface area (Å²) in [7, 11) is 3.46. The van der Waals surface area contributed by atoms with E-state index in [9.17, 15) is 22.8 Å². The Morgan fingerprint density at radius 3 is 2.37 bits per heavy atom. The fourth-order valence-electron chi connectivity index (χ4n) is 5.30. The number of rotatable bonds is 7. The molecule has 12 heteroatoms. The van der Waals surface area contributed by atoms with Crippen molar-refractivity contribution >= 4 is 23.5 Å². The van der Waals surface area contributed by atoms with Gasteiger partial charge in [0.25, 0.3) is 5.91 Å². The Hall–Kier alpha value is -3.41. The molecule has 2 fully saturated rings. The number of methoxy groups -OCH3 is 1. The molecule has 2 aliphatic rings. The van der Waals surface area contributed by atoms with E-state index in [-0.39, 0.29) is 29.5 Å². The first-order valence-corrected chi connectivity index (χ1v) is 14.9. The van der Waals surface area contributed by atoms with Crippen molar-refractivity contribution in [3.8, 4) is 5.75 Å². The quantitative estimate of drug-likeness (QED) is 0.340. The summed E-state index contributed by atoms with van der Waals surface area (Å²) in [6, 6.07) is 4.88. The van der Waals surface area contributed by atoms with Crippen molar-refractivity contribution in [2.45, 2.75) is 90.8 Å². The van der Waals surface area contributed by atoms with Gasteiger partial charge in [0.1, 0.15) is 5.75 Å². The molecule has 0 bridgehead atoms.